The maximum atomic E-state index is 12.8. The third-order valence-corrected chi connectivity index (χ3v) is 4.69. The monoisotopic (exact) mass is 345 g/mol. The molecular formula is C19H20ClNO3. The molecule has 1 unspecified atom stereocenters. The molecule has 4 nitrogen and oxygen atoms in total. The second-order valence-corrected chi connectivity index (χ2v) is 6.80. The van der Waals surface area contributed by atoms with Gasteiger partial charge < -0.3 is 9.64 Å². The highest BCUT2D eigenvalue weighted by Crippen LogP contribution is 2.32. The summed E-state index contributed by atoms with van der Waals surface area (Å²) in [6.07, 6.45) is 1.29. The van der Waals surface area contributed by atoms with Gasteiger partial charge in [-0.25, -0.2) is 4.79 Å². The minimum Gasteiger partial charge on any atom is -0.424 e. The Kier molecular flexibility index (Phi) is 4.76. The maximum absolute atomic E-state index is 12.8. The van der Waals surface area contributed by atoms with Gasteiger partial charge in [-0.3, -0.25) is 4.79 Å². The lowest BCUT2D eigenvalue weighted by atomic mass is 10.0. The third-order valence-electron chi connectivity index (χ3n) is 4.36. The van der Waals surface area contributed by atoms with Gasteiger partial charge in [0.1, 0.15) is 11.8 Å². The topological polar surface area (TPSA) is 46.6 Å². The van der Waals surface area contributed by atoms with Crippen LogP contribution in [0.25, 0.3) is 10.8 Å². The van der Waals surface area contributed by atoms with Gasteiger partial charge in [-0.05, 0) is 24.5 Å². The van der Waals surface area contributed by atoms with Gasteiger partial charge in [0.2, 0.25) is 5.91 Å². The molecule has 0 aliphatic carbocycles. The van der Waals surface area contributed by atoms with Gasteiger partial charge in [-0.1, -0.05) is 49.7 Å². The number of ether oxygens (including phenoxy) is 1. The van der Waals surface area contributed by atoms with Crippen molar-refractivity contribution in [3.05, 3.63) is 41.4 Å². The van der Waals surface area contributed by atoms with Crippen molar-refractivity contribution in [2.75, 3.05) is 6.54 Å². The zero-order chi connectivity index (χ0) is 17.3. The largest absolute Gasteiger partial charge is 0.424 e. The zero-order valence-corrected chi connectivity index (χ0v) is 14.5. The molecular weight excluding hydrogens is 326 g/mol. The molecule has 2 aromatic rings. The number of fused-ring (bicyclic) bond motifs is 1. The average molecular weight is 346 g/mol. The molecule has 1 amide bonds. The van der Waals surface area contributed by atoms with Gasteiger partial charge in [0.05, 0.1) is 0 Å². The number of esters is 1. The van der Waals surface area contributed by atoms with Crippen molar-refractivity contribution in [3.63, 3.8) is 0 Å². The van der Waals surface area contributed by atoms with E-state index in [2.05, 4.69) is 0 Å². The molecule has 1 aliphatic rings. The van der Waals surface area contributed by atoms with E-state index in [-0.39, 0.29) is 11.8 Å². The first-order valence-corrected chi connectivity index (χ1v) is 8.55. The Morgan fingerprint density at radius 1 is 1.17 bits per heavy atom. The number of hydrogen-bond donors (Lipinski definition) is 0. The summed E-state index contributed by atoms with van der Waals surface area (Å²) in [6, 6.07) is 10.4. The van der Waals surface area contributed by atoms with Crippen molar-refractivity contribution in [2.24, 2.45) is 5.92 Å². The Morgan fingerprint density at radius 3 is 2.50 bits per heavy atom. The van der Waals surface area contributed by atoms with E-state index in [9.17, 15) is 9.59 Å². The highest BCUT2D eigenvalue weighted by atomic mass is 35.5. The van der Waals surface area contributed by atoms with Crippen LogP contribution in [0.4, 0.5) is 0 Å². The number of carbonyl (C=O) groups excluding carboxylic acids is 2. The van der Waals surface area contributed by atoms with E-state index in [0.29, 0.717) is 23.7 Å². The van der Waals surface area contributed by atoms with Gasteiger partial charge in [-0.15, -0.1) is 0 Å². The second kappa shape index (κ2) is 6.81. The van der Waals surface area contributed by atoms with E-state index < -0.39 is 12.0 Å². The minimum absolute atomic E-state index is 0.0156. The third kappa shape index (κ3) is 3.11. The fourth-order valence-corrected chi connectivity index (χ4v) is 3.44. The van der Waals surface area contributed by atoms with Crippen LogP contribution >= 0.6 is 11.6 Å². The summed E-state index contributed by atoms with van der Waals surface area (Å²) in [7, 11) is 0. The summed E-state index contributed by atoms with van der Waals surface area (Å²) in [4.78, 5) is 26.4. The quantitative estimate of drug-likeness (QED) is 0.620. The predicted octanol–water partition coefficient (Wildman–Crippen LogP) is 4.05. The molecule has 0 spiro atoms. The molecule has 0 saturated carbocycles. The summed E-state index contributed by atoms with van der Waals surface area (Å²) in [5.41, 5.74) is 0. The number of nitrogens with zero attached hydrogens (tertiary/aromatic N) is 1. The SMILES string of the molecule is CC(C)C(C(=O)Oc1ccc(Cl)c2ccccc12)N1CCCC1=O. The molecule has 1 atom stereocenters. The van der Waals surface area contributed by atoms with E-state index in [4.69, 9.17) is 16.3 Å². The summed E-state index contributed by atoms with van der Waals surface area (Å²) < 4.78 is 5.68. The lowest BCUT2D eigenvalue weighted by Gasteiger charge is -2.29. The Hall–Kier alpha value is -2.07. The lowest BCUT2D eigenvalue weighted by Crippen LogP contribution is -2.47. The normalized spacial score (nSPS) is 16.0. The first-order valence-electron chi connectivity index (χ1n) is 8.17. The minimum atomic E-state index is -0.561. The lowest BCUT2D eigenvalue weighted by molar-refractivity contribution is -0.147. The number of likely N-dealkylation sites (tertiary alicyclic amines) is 1. The first-order chi connectivity index (χ1) is 11.5. The van der Waals surface area contributed by atoms with Crippen LogP contribution in [-0.4, -0.2) is 29.4 Å². The molecule has 126 valence electrons. The van der Waals surface area contributed by atoms with Crippen LogP contribution in [0.2, 0.25) is 5.02 Å². The average Bonchev–Trinajstić information content (AvgIpc) is 2.96. The first kappa shape index (κ1) is 16.8. The van der Waals surface area contributed by atoms with Gasteiger partial charge in [0, 0.05) is 28.8 Å². The Morgan fingerprint density at radius 2 is 1.88 bits per heavy atom. The summed E-state index contributed by atoms with van der Waals surface area (Å²) in [6.45, 7) is 4.47. The van der Waals surface area contributed by atoms with Crippen LogP contribution < -0.4 is 4.74 Å². The molecule has 5 heteroatoms. The number of hydrogen-bond acceptors (Lipinski definition) is 3. The van der Waals surface area contributed by atoms with Crippen LogP contribution in [0.15, 0.2) is 36.4 Å². The van der Waals surface area contributed by atoms with Crippen molar-refractivity contribution < 1.29 is 14.3 Å². The molecule has 0 N–H and O–H groups in total. The standard InChI is InChI=1S/C19H20ClNO3/c1-12(2)18(21-11-5-8-17(21)22)19(23)24-16-10-9-15(20)13-6-3-4-7-14(13)16/h3-4,6-7,9-10,12,18H,5,8,11H2,1-2H3. The van der Waals surface area contributed by atoms with Crippen LogP contribution in [0.5, 0.6) is 5.75 Å². The van der Waals surface area contributed by atoms with E-state index in [1.807, 2.05) is 38.1 Å². The van der Waals surface area contributed by atoms with E-state index in [1.54, 1.807) is 17.0 Å². The molecule has 1 fully saturated rings. The number of rotatable bonds is 4. The number of halogens is 1. The van der Waals surface area contributed by atoms with Crippen LogP contribution in [-0.2, 0) is 9.59 Å². The van der Waals surface area contributed by atoms with Gasteiger partial charge in [-0.2, -0.15) is 0 Å². The Labute approximate surface area is 146 Å². The van der Waals surface area contributed by atoms with E-state index in [1.165, 1.54) is 0 Å². The van der Waals surface area contributed by atoms with Crippen molar-refractivity contribution in [3.8, 4) is 5.75 Å². The smallest absolute Gasteiger partial charge is 0.334 e. The maximum Gasteiger partial charge on any atom is 0.334 e. The van der Waals surface area contributed by atoms with E-state index >= 15 is 0 Å². The zero-order valence-electron chi connectivity index (χ0n) is 13.8. The predicted molar refractivity (Wildman–Crippen MR) is 94.2 cm³/mol. The Balaban J connectivity index is 1.91. The molecule has 3 rings (SSSR count). The van der Waals surface area contributed by atoms with Crippen LogP contribution in [0.3, 0.4) is 0 Å². The molecule has 1 aliphatic heterocycles. The van der Waals surface area contributed by atoms with Gasteiger partial charge >= 0.3 is 5.97 Å². The molecule has 0 aromatic heterocycles. The number of carbonyl (C=O) groups is 2. The molecule has 0 radical (unpaired) electrons. The summed E-state index contributed by atoms with van der Waals surface area (Å²) >= 11 is 6.21. The van der Waals surface area contributed by atoms with Gasteiger partial charge in [0.25, 0.3) is 0 Å². The number of benzene rings is 2. The molecule has 0 bridgehead atoms. The van der Waals surface area contributed by atoms with E-state index in [0.717, 1.165) is 17.2 Å². The number of amides is 1. The summed E-state index contributed by atoms with van der Waals surface area (Å²) in [5, 5.41) is 2.23. The molecule has 1 heterocycles. The van der Waals surface area contributed by atoms with Gasteiger partial charge in [0.15, 0.2) is 0 Å². The van der Waals surface area contributed by atoms with Crippen molar-refractivity contribution in [1.82, 2.24) is 4.90 Å². The summed E-state index contributed by atoms with van der Waals surface area (Å²) in [5.74, 6) is 0.0785. The molecule has 1 saturated heterocycles. The fourth-order valence-electron chi connectivity index (χ4n) is 3.21. The Bertz CT molecular complexity index is 787. The fraction of sp³-hybridized carbons (Fsp3) is 0.368. The highest BCUT2D eigenvalue weighted by molar-refractivity contribution is 6.35. The van der Waals surface area contributed by atoms with Crippen molar-refractivity contribution in [2.45, 2.75) is 32.7 Å². The second-order valence-electron chi connectivity index (χ2n) is 6.39. The van der Waals surface area contributed by atoms with Crippen LogP contribution in [0, 0.1) is 5.92 Å². The van der Waals surface area contributed by atoms with Crippen molar-refractivity contribution >= 4 is 34.2 Å². The highest BCUT2D eigenvalue weighted by Gasteiger charge is 2.36. The molecule has 24 heavy (non-hydrogen) atoms. The molecule has 2 aromatic carbocycles. The van der Waals surface area contributed by atoms with Crippen LogP contribution in [0.1, 0.15) is 26.7 Å². The van der Waals surface area contributed by atoms with Crippen molar-refractivity contribution in [1.29, 1.82) is 0 Å².